The van der Waals surface area contributed by atoms with E-state index >= 15 is 0 Å². The Kier molecular flexibility index (Phi) is 4.59. The van der Waals surface area contributed by atoms with Crippen LogP contribution in [0.2, 0.25) is 0 Å². The summed E-state index contributed by atoms with van der Waals surface area (Å²) in [6.45, 7) is 0. The van der Waals surface area contributed by atoms with Gasteiger partial charge < -0.3 is 14.6 Å². The first-order valence-electron chi connectivity index (χ1n) is 8.37. The smallest absolute Gasteiger partial charge is 0.310 e. The van der Waals surface area contributed by atoms with Crippen molar-refractivity contribution in [3.05, 3.63) is 66.7 Å². The van der Waals surface area contributed by atoms with Gasteiger partial charge in [-0.15, -0.1) is 0 Å². The van der Waals surface area contributed by atoms with E-state index in [-0.39, 0.29) is 47.3 Å². The van der Waals surface area contributed by atoms with Crippen molar-refractivity contribution in [2.75, 3.05) is 0 Å². The Bertz CT molecular complexity index is 1210. The predicted molar refractivity (Wildman–Crippen MR) is 104 cm³/mol. The molecule has 3 rings (SSSR count). The molecule has 0 aliphatic heterocycles. The summed E-state index contributed by atoms with van der Waals surface area (Å²) in [5.74, 6) is -1.81. The molecule has 0 radical (unpaired) electrons. The van der Waals surface area contributed by atoms with Gasteiger partial charge in [0.1, 0.15) is 27.0 Å². The van der Waals surface area contributed by atoms with E-state index < -0.39 is 36.0 Å². The van der Waals surface area contributed by atoms with E-state index in [0.717, 1.165) is 18.2 Å². The van der Waals surface area contributed by atoms with Crippen LogP contribution in [0.1, 0.15) is 0 Å². The molecule has 3 aromatic rings. The monoisotopic (exact) mass is 530 g/mol. The van der Waals surface area contributed by atoms with Crippen molar-refractivity contribution in [2.24, 2.45) is 0 Å². The topological polar surface area (TPSA) is 38.7 Å². The standard InChI is InChI=1S/C18H12F10O3S2/c19-32(20,21,22,23)15-6-2-13(3-7-15)30-17-10-1-12(29)11-18(17)31-14-4-8-16(9-5-14)33(24,25,26,27)28/h1-11,29H. The van der Waals surface area contributed by atoms with Gasteiger partial charge in [-0.25, -0.2) is 0 Å². The third kappa shape index (κ3) is 6.31. The molecular weight excluding hydrogens is 518 g/mol. The second-order valence-corrected chi connectivity index (χ2v) is 11.5. The van der Waals surface area contributed by atoms with E-state index in [1.165, 1.54) is 0 Å². The van der Waals surface area contributed by atoms with Gasteiger partial charge in [-0.2, -0.15) is 0 Å². The molecule has 15 heteroatoms. The van der Waals surface area contributed by atoms with Gasteiger partial charge >= 0.3 is 20.4 Å². The van der Waals surface area contributed by atoms with Gasteiger partial charge in [0.25, 0.3) is 0 Å². The maximum absolute atomic E-state index is 12.8. The Labute approximate surface area is 179 Å². The number of benzene rings is 3. The first-order chi connectivity index (χ1) is 14.5. The minimum Gasteiger partial charge on any atom is -0.508 e. The third-order valence-corrected chi connectivity index (χ3v) is 6.25. The lowest BCUT2D eigenvalue weighted by molar-refractivity contribution is 0.360. The lowest BCUT2D eigenvalue weighted by Gasteiger charge is -2.40. The van der Waals surface area contributed by atoms with Crippen molar-refractivity contribution in [3.63, 3.8) is 0 Å². The SMILES string of the molecule is Oc1ccc(Oc2ccc(S(F)(F)(F)(F)F)cc2)c(Oc2ccc(S(F)(F)(F)(F)F)cc2)c1. The van der Waals surface area contributed by atoms with Crippen LogP contribution in [0.3, 0.4) is 0 Å². The van der Waals surface area contributed by atoms with Gasteiger partial charge in [-0.3, -0.25) is 0 Å². The van der Waals surface area contributed by atoms with Crippen LogP contribution >= 0.6 is 20.4 Å². The van der Waals surface area contributed by atoms with E-state index in [4.69, 9.17) is 9.47 Å². The lowest BCUT2D eigenvalue weighted by atomic mass is 10.3. The van der Waals surface area contributed by atoms with Crippen molar-refractivity contribution < 1.29 is 53.4 Å². The van der Waals surface area contributed by atoms with Crippen LogP contribution in [-0.4, -0.2) is 5.11 Å². The van der Waals surface area contributed by atoms with Crippen molar-refractivity contribution in [1.29, 1.82) is 0 Å². The first kappa shape index (κ1) is 24.7. The second kappa shape index (κ2) is 6.14. The highest BCUT2D eigenvalue weighted by Gasteiger charge is 2.66. The Morgan fingerprint density at radius 3 is 1.21 bits per heavy atom. The molecule has 184 valence electrons. The molecule has 33 heavy (non-hydrogen) atoms. The second-order valence-electron chi connectivity index (χ2n) is 6.72. The normalized spacial score (nSPS) is 16.7. The minimum absolute atomic E-state index is 0.0823. The molecule has 3 aromatic carbocycles. The van der Waals surface area contributed by atoms with E-state index in [9.17, 15) is 44.0 Å². The predicted octanol–water partition coefficient (Wildman–Crippen LogP) is 10.3. The Balaban J connectivity index is 1.88. The molecule has 0 aromatic heterocycles. The molecule has 0 bridgehead atoms. The quantitative estimate of drug-likeness (QED) is 0.322. The summed E-state index contributed by atoms with van der Waals surface area (Å²) >= 11 is 0. The number of hydrogen-bond acceptors (Lipinski definition) is 3. The molecule has 0 aliphatic carbocycles. The lowest BCUT2D eigenvalue weighted by Crippen LogP contribution is -2.05. The third-order valence-electron chi connectivity index (χ3n) is 3.92. The fourth-order valence-electron chi connectivity index (χ4n) is 2.44. The van der Waals surface area contributed by atoms with E-state index in [0.29, 0.717) is 24.3 Å². The van der Waals surface area contributed by atoms with Crippen molar-refractivity contribution in [2.45, 2.75) is 9.79 Å². The number of phenols is 1. The number of hydrogen-bond donors (Lipinski definition) is 1. The summed E-state index contributed by atoms with van der Waals surface area (Å²) in [4.78, 5) is -4.33. The fraction of sp³-hybridized carbons (Fsp3) is 0. The van der Waals surface area contributed by atoms with Crippen LogP contribution in [0, 0.1) is 0 Å². The van der Waals surface area contributed by atoms with Gasteiger partial charge in [0.05, 0.1) is 0 Å². The number of aromatic hydroxyl groups is 1. The van der Waals surface area contributed by atoms with Gasteiger partial charge in [-0.05, 0) is 60.7 Å². The van der Waals surface area contributed by atoms with E-state index in [1.807, 2.05) is 0 Å². The van der Waals surface area contributed by atoms with Crippen LogP contribution in [0.25, 0.3) is 0 Å². The Morgan fingerprint density at radius 2 is 0.848 bits per heavy atom. The van der Waals surface area contributed by atoms with Gasteiger partial charge in [-0.1, -0.05) is 38.9 Å². The van der Waals surface area contributed by atoms with Crippen LogP contribution < -0.4 is 9.47 Å². The zero-order chi connectivity index (χ0) is 25.1. The number of phenolic OH excluding ortho intramolecular Hbond substituents is 1. The molecule has 0 atom stereocenters. The number of rotatable bonds is 6. The summed E-state index contributed by atoms with van der Waals surface area (Å²) in [6.07, 6.45) is 0. The molecule has 0 spiro atoms. The molecule has 0 saturated carbocycles. The van der Waals surface area contributed by atoms with Crippen molar-refractivity contribution in [3.8, 4) is 28.7 Å². The van der Waals surface area contributed by atoms with E-state index in [2.05, 4.69) is 0 Å². The maximum Gasteiger partial charge on any atom is 0.310 e. The van der Waals surface area contributed by atoms with Gasteiger partial charge in [0.2, 0.25) is 0 Å². The van der Waals surface area contributed by atoms with Crippen LogP contribution in [0.15, 0.2) is 76.5 Å². The van der Waals surface area contributed by atoms with Gasteiger partial charge in [0.15, 0.2) is 11.5 Å². The summed E-state index contributed by atoms with van der Waals surface area (Å²) in [5, 5.41) is 9.60. The zero-order valence-corrected chi connectivity index (χ0v) is 17.3. The van der Waals surface area contributed by atoms with Crippen molar-refractivity contribution >= 4 is 20.4 Å². The summed E-state index contributed by atoms with van der Waals surface area (Å²) in [6, 6.07) is 5.71. The first-order valence-corrected chi connectivity index (χ1v) is 12.3. The highest BCUT2D eigenvalue weighted by atomic mass is 32.5. The van der Waals surface area contributed by atoms with Crippen LogP contribution in [-0.2, 0) is 0 Å². The van der Waals surface area contributed by atoms with Crippen molar-refractivity contribution in [1.82, 2.24) is 0 Å². The molecule has 0 aliphatic rings. The highest BCUT2D eigenvalue weighted by molar-refractivity contribution is 8.46. The largest absolute Gasteiger partial charge is 0.508 e. The zero-order valence-electron chi connectivity index (χ0n) is 15.7. The molecular formula is C18H12F10O3S2. The van der Waals surface area contributed by atoms with E-state index in [1.54, 1.807) is 0 Å². The summed E-state index contributed by atoms with van der Waals surface area (Å²) < 4.78 is 139. The van der Waals surface area contributed by atoms with Gasteiger partial charge in [0, 0.05) is 6.07 Å². The minimum atomic E-state index is -9.91. The molecule has 3 nitrogen and oxygen atoms in total. The Morgan fingerprint density at radius 1 is 0.485 bits per heavy atom. The molecule has 0 unspecified atom stereocenters. The number of halogens is 10. The molecule has 0 amide bonds. The average Bonchev–Trinajstić information content (AvgIpc) is 2.61. The fourth-order valence-corrected chi connectivity index (χ4v) is 3.75. The highest BCUT2D eigenvalue weighted by Crippen LogP contribution is 3.02. The summed E-state index contributed by atoms with van der Waals surface area (Å²) in [7, 11) is -19.8. The molecule has 0 saturated heterocycles. The number of ether oxygens (including phenoxy) is 2. The Hall–Kier alpha value is -2.94. The molecule has 1 N–H and O–H groups in total. The maximum atomic E-state index is 12.8. The average molecular weight is 530 g/mol. The molecule has 0 fully saturated rings. The van der Waals surface area contributed by atoms with Crippen LogP contribution in [0.4, 0.5) is 38.9 Å². The summed E-state index contributed by atoms with van der Waals surface area (Å²) in [5.41, 5.74) is 0. The van der Waals surface area contributed by atoms with Crippen LogP contribution in [0.5, 0.6) is 28.7 Å². The molecule has 0 heterocycles.